The Morgan fingerprint density at radius 3 is 2.69 bits per heavy atom. The number of aryl methyl sites for hydroxylation is 1. The second-order valence-corrected chi connectivity index (χ2v) is 13.8. The summed E-state index contributed by atoms with van der Waals surface area (Å²) in [5.74, 6) is -0.426. The van der Waals surface area contributed by atoms with Crippen LogP contribution in [-0.4, -0.2) is 108 Å². The predicted molar refractivity (Wildman–Crippen MR) is 170 cm³/mol. The summed E-state index contributed by atoms with van der Waals surface area (Å²) in [4.78, 5) is 65.5. The lowest BCUT2D eigenvalue weighted by atomic mass is 9.80. The molecular formula is C33H44N6O5S. The highest BCUT2D eigenvalue weighted by Gasteiger charge is 2.40. The van der Waals surface area contributed by atoms with Crippen molar-refractivity contribution in [2.24, 2.45) is 11.8 Å². The molecule has 12 heteroatoms. The summed E-state index contributed by atoms with van der Waals surface area (Å²) in [6.07, 6.45) is 2.99. The number of thiazole rings is 1. The van der Waals surface area contributed by atoms with Crippen molar-refractivity contribution in [1.29, 1.82) is 0 Å². The molecule has 242 valence electrons. The molecule has 3 fully saturated rings. The number of nitrogens with zero attached hydrogens (tertiary/aromatic N) is 4. The Labute approximate surface area is 268 Å². The molecule has 4 aliphatic rings. The molecule has 11 nitrogen and oxygen atoms in total. The van der Waals surface area contributed by atoms with E-state index in [-0.39, 0.29) is 47.9 Å². The third-order valence-corrected chi connectivity index (χ3v) is 11.0. The van der Waals surface area contributed by atoms with E-state index < -0.39 is 6.04 Å². The number of fused-ring (bicyclic) bond motifs is 5. The number of benzene rings is 1. The average Bonchev–Trinajstić information content (AvgIpc) is 3.44. The van der Waals surface area contributed by atoms with Gasteiger partial charge in [-0.25, -0.2) is 4.98 Å². The Morgan fingerprint density at radius 2 is 1.89 bits per heavy atom. The number of rotatable bonds is 5. The lowest BCUT2D eigenvalue weighted by molar-refractivity contribution is -0.145. The van der Waals surface area contributed by atoms with Crippen LogP contribution in [0.3, 0.4) is 0 Å². The van der Waals surface area contributed by atoms with Gasteiger partial charge in [-0.2, -0.15) is 0 Å². The first-order chi connectivity index (χ1) is 21.9. The van der Waals surface area contributed by atoms with Gasteiger partial charge in [0.25, 0.3) is 5.91 Å². The summed E-state index contributed by atoms with van der Waals surface area (Å²) < 4.78 is 5.43. The first kappa shape index (κ1) is 31.6. The monoisotopic (exact) mass is 636 g/mol. The van der Waals surface area contributed by atoms with Gasteiger partial charge in [-0.05, 0) is 43.6 Å². The molecule has 0 unspecified atom stereocenters. The van der Waals surface area contributed by atoms with Crippen LogP contribution in [0, 0.1) is 18.8 Å². The fraction of sp³-hybridized carbons (Fsp3) is 0.606. The number of piperidine rings is 2. The molecule has 1 aromatic heterocycles. The van der Waals surface area contributed by atoms with Crippen molar-refractivity contribution in [3.63, 3.8) is 0 Å². The second kappa shape index (κ2) is 14.4. The topological polar surface area (TPSA) is 124 Å². The van der Waals surface area contributed by atoms with Gasteiger partial charge in [0.05, 0.1) is 23.9 Å². The number of ether oxygens (including phenoxy) is 1. The van der Waals surface area contributed by atoms with Crippen molar-refractivity contribution in [2.75, 3.05) is 52.5 Å². The van der Waals surface area contributed by atoms with Crippen LogP contribution in [0.2, 0.25) is 0 Å². The van der Waals surface area contributed by atoms with Gasteiger partial charge in [-0.3, -0.25) is 19.2 Å². The van der Waals surface area contributed by atoms with E-state index in [4.69, 9.17) is 4.74 Å². The van der Waals surface area contributed by atoms with Crippen molar-refractivity contribution in [3.05, 3.63) is 51.5 Å². The molecule has 4 aliphatic heterocycles. The fourth-order valence-corrected chi connectivity index (χ4v) is 8.17. The van der Waals surface area contributed by atoms with Crippen LogP contribution in [-0.2, 0) is 32.1 Å². The van der Waals surface area contributed by atoms with Gasteiger partial charge < -0.3 is 30.1 Å². The minimum absolute atomic E-state index is 0.0282. The van der Waals surface area contributed by atoms with Crippen LogP contribution >= 0.6 is 11.3 Å². The van der Waals surface area contributed by atoms with Crippen LogP contribution in [0.25, 0.3) is 0 Å². The molecule has 0 saturated carbocycles. The Morgan fingerprint density at radius 1 is 1.09 bits per heavy atom. The number of amides is 4. The van der Waals surface area contributed by atoms with Crippen molar-refractivity contribution >= 4 is 35.0 Å². The van der Waals surface area contributed by atoms with Crippen molar-refractivity contribution in [3.8, 4) is 0 Å². The fourth-order valence-electron chi connectivity index (χ4n) is 7.14. The van der Waals surface area contributed by atoms with E-state index in [9.17, 15) is 19.2 Å². The Hall–Kier alpha value is -3.35. The first-order valence-electron chi connectivity index (χ1n) is 16.3. The minimum atomic E-state index is -0.590. The minimum Gasteiger partial charge on any atom is -0.378 e. The number of morpholine rings is 1. The van der Waals surface area contributed by atoms with Gasteiger partial charge in [0, 0.05) is 71.1 Å². The normalized spacial score (nSPS) is 26.5. The van der Waals surface area contributed by atoms with E-state index >= 15 is 0 Å². The zero-order valence-electron chi connectivity index (χ0n) is 26.0. The molecule has 5 heterocycles. The highest BCUT2D eigenvalue weighted by Crippen LogP contribution is 2.33. The molecule has 2 aromatic rings. The summed E-state index contributed by atoms with van der Waals surface area (Å²) in [6, 6.07) is 9.68. The first-order valence-corrected chi connectivity index (χ1v) is 17.1. The molecule has 4 atom stereocenters. The number of hydrogen-bond donors (Lipinski definition) is 2. The van der Waals surface area contributed by atoms with Crippen LogP contribution in [0.1, 0.15) is 58.0 Å². The van der Waals surface area contributed by atoms with Gasteiger partial charge in [0.1, 0.15) is 10.9 Å². The summed E-state index contributed by atoms with van der Waals surface area (Å²) in [5.41, 5.74) is 1.87. The highest BCUT2D eigenvalue weighted by atomic mass is 32.1. The molecule has 4 amide bonds. The van der Waals surface area contributed by atoms with Gasteiger partial charge in [-0.15, -0.1) is 11.3 Å². The largest absolute Gasteiger partial charge is 0.378 e. The second-order valence-electron chi connectivity index (χ2n) is 12.7. The Bertz CT molecular complexity index is 1380. The zero-order chi connectivity index (χ0) is 31.3. The summed E-state index contributed by atoms with van der Waals surface area (Å²) in [6.45, 7) is 6.60. The molecule has 4 bridgehead atoms. The summed E-state index contributed by atoms with van der Waals surface area (Å²) in [7, 11) is 0. The molecule has 3 saturated heterocycles. The van der Waals surface area contributed by atoms with Gasteiger partial charge in [0.2, 0.25) is 17.7 Å². The van der Waals surface area contributed by atoms with E-state index in [0.717, 1.165) is 11.4 Å². The van der Waals surface area contributed by atoms with Gasteiger partial charge in [0.15, 0.2) is 0 Å². The van der Waals surface area contributed by atoms with E-state index in [2.05, 4.69) is 27.8 Å². The molecule has 1 aromatic carbocycles. The number of carbonyl (C=O) groups excluding carboxylic acids is 4. The van der Waals surface area contributed by atoms with E-state index in [1.165, 1.54) is 16.9 Å². The van der Waals surface area contributed by atoms with E-state index in [0.29, 0.717) is 95.3 Å². The molecule has 0 spiro atoms. The zero-order valence-corrected chi connectivity index (χ0v) is 26.9. The Balaban J connectivity index is 1.22. The maximum Gasteiger partial charge on any atom is 0.265 e. The molecular weight excluding hydrogens is 592 g/mol. The average molecular weight is 637 g/mol. The molecule has 45 heavy (non-hydrogen) atoms. The van der Waals surface area contributed by atoms with Crippen molar-refractivity contribution in [2.45, 2.75) is 64.1 Å². The smallest absolute Gasteiger partial charge is 0.265 e. The number of aromatic nitrogens is 1. The maximum atomic E-state index is 14.1. The Kier molecular flexibility index (Phi) is 10.1. The maximum absolute atomic E-state index is 14.1. The van der Waals surface area contributed by atoms with Crippen LogP contribution in [0.4, 0.5) is 0 Å². The molecule has 0 radical (unpaired) electrons. The molecule has 2 N–H and O–H groups in total. The number of nitrogens with one attached hydrogen (secondary N) is 2. The van der Waals surface area contributed by atoms with Crippen molar-refractivity contribution < 1.29 is 23.9 Å². The van der Waals surface area contributed by atoms with Crippen LogP contribution < -0.4 is 10.6 Å². The van der Waals surface area contributed by atoms with Crippen LogP contribution in [0.5, 0.6) is 0 Å². The predicted octanol–water partition coefficient (Wildman–Crippen LogP) is 1.99. The van der Waals surface area contributed by atoms with Crippen molar-refractivity contribution in [1.82, 2.24) is 30.3 Å². The summed E-state index contributed by atoms with van der Waals surface area (Å²) in [5, 5.41) is 7.48. The molecule has 6 rings (SSSR count). The van der Waals surface area contributed by atoms with Gasteiger partial charge >= 0.3 is 0 Å². The SMILES string of the molecule is Cc1nc2sc1C(=O)N1CC[C@@H](CC(=O)N3CCOCC3)[C@@H](CC(=O)N3CC[C@@H](NCc4ccccc4)C[C@H]3C(=O)NCC2)C1. The standard InChI is InChI=1S/C33H44N6O5S/c1-22-31-33(43)38-11-8-24(17-29(40)37-13-15-44-16-14-37)25(21-38)18-30(41)39-12-9-26(35-20-23-5-3-2-4-6-23)19-27(39)32(42)34-10-7-28(36-22)45-31/h2-6,24-27,35H,7-21H2,1H3,(H,34,42)/t24-,25-,26+,27-/m0/s1. The van der Waals surface area contributed by atoms with E-state index in [1.807, 2.05) is 34.9 Å². The summed E-state index contributed by atoms with van der Waals surface area (Å²) >= 11 is 1.39. The third-order valence-electron chi connectivity index (χ3n) is 9.75. The quantitative estimate of drug-likeness (QED) is 0.515. The van der Waals surface area contributed by atoms with E-state index in [1.54, 1.807) is 4.90 Å². The number of carbonyl (C=O) groups is 4. The highest BCUT2D eigenvalue weighted by molar-refractivity contribution is 7.13. The van der Waals surface area contributed by atoms with Gasteiger partial charge in [-0.1, -0.05) is 30.3 Å². The van der Waals surface area contributed by atoms with Crippen LogP contribution in [0.15, 0.2) is 30.3 Å². The lowest BCUT2D eigenvalue weighted by Gasteiger charge is -2.42. The number of hydrogen-bond acceptors (Lipinski definition) is 8. The third kappa shape index (κ3) is 7.56. The molecule has 0 aliphatic carbocycles. The lowest BCUT2D eigenvalue weighted by Crippen LogP contribution is -2.57.